The minimum Gasteiger partial charge on any atom is -0.506 e. The number of nitrogens with zero attached hydrogens (tertiary/aromatic N) is 3. The molecule has 0 unspecified atom stereocenters. The maximum absolute atomic E-state index is 10.4. The first-order chi connectivity index (χ1) is 12.8. The van der Waals surface area contributed by atoms with E-state index in [4.69, 9.17) is 0 Å². The second kappa shape index (κ2) is 8.66. The maximum atomic E-state index is 10.4. The molecule has 0 amide bonds. The standard InChI is InChI=1S/C19H15Br2IN4O/c1-10-7-17(26-25-11(2)12-3-5-14(22)6-4-12)24-19(23-10)15-8-13(20)9-16(21)18(15)27/h3-9,27H,1-2H3,(H,23,24,26)/b25-11+. The molecule has 3 aromatic rings. The molecule has 8 heteroatoms. The predicted molar refractivity (Wildman–Crippen MR) is 124 cm³/mol. The van der Waals surface area contributed by atoms with E-state index >= 15 is 0 Å². The van der Waals surface area contributed by atoms with Gasteiger partial charge in [-0.25, -0.2) is 9.97 Å². The van der Waals surface area contributed by atoms with Crippen molar-refractivity contribution in [2.45, 2.75) is 13.8 Å². The van der Waals surface area contributed by atoms with Gasteiger partial charge in [0.1, 0.15) is 5.75 Å². The molecule has 0 aliphatic carbocycles. The number of rotatable bonds is 4. The monoisotopic (exact) mass is 600 g/mol. The van der Waals surface area contributed by atoms with Gasteiger partial charge in [-0.1, -0.05) is 28.1 Å². The lowest BCUT2D eigenvalue weighted by atomic mass is 10.1. The summed E-state index contributed by atoms with van der Waals surface area (Å²) in [6.45, 7) is 3.80. The zero-order valence-electron chi connectivity index (χ0n) is 14.5. The number of phenols is 1. The van der Waals surface area contributed by atoms with Crippen LogP contribution in [0.1, 0.15) is 18.2 Å². The minimum absolute atomic E-state index is 0.0910. The summed E-state index contributed by atoms with van der Waals surface area (Å²) in [5, 5.41) is 14.8. The number of aromatic nitrogens is 2. The first kappa shape index (κ1) is 20.2. The Morgan fingerprint density at radius 3 is 2.52 bits per heavy atom. The van der Waals surface area contributed by atoms with E-state index in [-0.39, 0.29) is 5.75 Å². The summed E-state index contributed by atoms with van der Waals surface area (Å²) in [5.74, 6) is 1.06. The van der Waals surface area contributed by atoms with Crippen LogP contribution in [0.5, 0.6) is 5.75 Å². The van der Waals surface area contributed by atoms with Crippen molar-refractivity contribution in [3.05, 3.63) is 66.2 Å². The number of hydrogen-bond acceptors (Lipinski definition) is 5. The molecule has 27 heavy (non-hydrogen) atoms. The van der Waals surface area contributed by atoms with Gasteiger partial charge in [-0.15, -0.1) is 0 Å². The molecule has 0 fully saturated rings. The molecular weight excluding hydrogens is 587 g/mol. The van der Waals surface area contributed by atoms with E-state index in [1.807, 2.05) is 38.1 Å². The minimum atomic E-state index is 0.0910. The molecule has 5 nitrogen and oxygen atoms in total. The molecule has 0 radical (unpaired) electrons. The lowest BCUT2D eigenvalue weighted by molar-refractivity contribution is 0.473. The van der Waals surface area contributed by atoms with Crippen LogP contribution >= 0.6 is 54.5 Å². The van der Waals surface area contributed by atoms with Gasteiger partial charge in [0.2, 0.25) is 0 Å². The second-order valence-corrected chi connectivity index (χ2v) is 8.83. The van der Waals surface area contributed by atoms with Gasteiger partial charge < -0.3 is 5.11 Å². The third kappa shape index (κ3) is 5.05. The maximum Gasteiger partial charge on any atom is 0.165 e. The molecule has 0 saturated carbocycles. The number of hydrogen-bond donors (Lipinski definition) is 2. The topological polar surface area (TPSA) is 70.4 Å². The van der Waals surface area contributed by atoms with Gasteiger partial charge in [-0.05, 0) is 82.2 Å². The predicted octanol–water partition coefficient (Wildman–Crippen LogP) is 6.12. The molecule has 0 aliphatic rings. The Labute approximate surface area is 187 Å². The highest BCUT2D eigenvalue weighted by molar-refractivity contribution is 14.1. The van der Waals surface area contributed by atoms with E-state index < -0.39 is 0 Å². The van der Waals surface area contributed by atoms with Gasteiger partial charge in [0.25, 0.3) is 0 Å². The fourth-order valence-electron chi connectivity index (χ4n) is 2.38. The van der Waals surface area contributed by atoms with Crippen molar-refractivity contribution in [2.75, 3.05) is 5.43 Å². The fourth-order valence-corrected chi connectivity index (χ4v) is 3.96. The Bertz CT molecular complexity index is 1020. The van der Waals surface area contributed by atoms with Crippen LogP contribution in [0.3, 0.4) is 0 Å². The lowest BCUT2D eigenvalue weighted by Gasteiger charge is -2.09. The van der Waals surface area contributed by atoms with E-state index in [0.29, 0.717) is 21.7 Å². The van der Waals surface area contributed by atoms with Crippen molar-refractivity contribution in [1.29, 1.82) is 0 Å². The molecule has 2 N–H and O–H groups in total. The van der Waals surface area contributed by atoms with Crippen LogP contribution in [-0.4, -0.2) is 20.8 Å². The molecule has 138 valence electrons. The van der Waals surface area contributed by atoms with Gasteiger partial charge in [0, 0.05) is 19.8 Å². The largest absolute Gasteiger partial charge is 0.506 e. The molecule has 0 saturated heterocycles. The SMILES string of the molecule is C/C(=N\Nc1cc(C)nc(-c2cc(Br)cc(Br)c2O)n1)c1ccc(I)cc1. The Morgan fingerprint density at radius 2 is 1.81 bits per heavy atom. The first-order valence-electron chi connectivity index (χ1n) is 7.94. The normalized spacial score (nSPS) is 11.5. The van der Waals surface area contributed by atoms with Crippen molar-refractivity contribution < 1.29 is 5.11 Å². The van der Waals surface area contributed by atoms with Crippen molar-refractivity contribution in [2.24, 2.45) is 5.10 Å². The van der Waals surface area contributed by atoms with E-state index in [9.17, 15) is 5.11 Å². The highest BCUT2D eigenvalue weighted by atomic mass is 127. The molecule has 3 rings (SSSR count). The fraction of sp³-hybridized carbons (Fsp3) is 0.105. The van der Waals surface area contributed by atoms with Crippen LogP contribution in [0, 0.1) is 10.5 Å². The van der Waals surface area contributed by atoms with Gasteiger partial charge >= 0.3 is 0 Å². The van der Waals surface area contributed by atoms with E-state index in [2.05, 4.69) is 74.9 Å². The van der Waals surface area contributed by atoms with Crippen LogP contribution in [0.4, 0.5) is 5.82 Å². The van der Waals surface area contributed by atoms with E-state index in [0.717, 1.165) is 21.4 Å². The second-order valence-electron chi connectivity index (χ2n) is 5.82. The zero-order chi connectivity index (χ0) is 19.6. The first-order valence-corrected chi connectivity index (χ1v) is 10.6. The van der Waals surface area contributed by atoms with Gasteiger partial charge in [-0.2, -0.15) is 5.10 Å². The van der Waals surface area contributed by atoms with Gasteiger partial charge in [-0.3, -0.25) is 5.43 Å². The molecule has 0 bridgehead atoms. The third-order valence-corrected chi connectivity index (χ3v) is 5.50. The molecule has 0 aliphatic heterocycles. The van der Waals surface area contributed by atoms with Crippen LogP contribution < -0.4 is 5.43 Å². The molecule has 1 heterocycles. The highest BCUT2D eigenvalue weighted by Gasteiger charge is 2.13. The van der Waals surface area contributed by atoms with Crippen LogP contribution in [0.25, 0.3) is 11.4 Å². The van der Waals surface area contributed by atoms with Crippen LogP contribution in [-0.2, 0) is 0 Å². The van der Waals surface area contributed by atoms with Crippen LogP contribution in [0.15, 0.2) is 56.5 Å². The molecule has 0 spiro atoms. The van der Waals surface area contributed by atoms with Crippen molar-refractivity contribution >= 4 is 66.0 Å². The number of aromatic hydroxyl groups is 1. The van der Waals surface area contributed by atoms with Crippen molar-refractivity contribution in [1.82, 2.24) is 9.97 Å². The van der Waals surface area contributed by atoms with E-state index in [1.165, 1.54) is 3.57 Å². The quantitative estimate of drug-likeness (QED) is 0.215. The third-order valence-electron chi connectivity index (χ3n) is 3.72. The summed E-state index contributed by atoms with van der Waals surface area (Å²) in [6.07, 6.45) is 0. The Hall–Kier alpha value is -1.52. The Morgan fingerprint density at radius 1 is 1.11 bits per heavy atom. The summed E-state index contributed by atoms with van der Waals surface area (Å²) < 4.78 is 2.56. The number of nitrogens with one attached hydrogen (secondary N) is 1. The van der Waals surface area contributed by atoms with Gasteiger partial charge in [0.15, 0.2) is 11.6 Å². The molecule has 0 atom stereocenters. The molecular formula is C19H15Br2IN4O. The number of benzene rings is 2. The summed E-state index contributed by atoms with van der Waals surface area (Å²) in [4.78, 5) is 8.93. The number of anilines is 1. The smallest absolute Gasteiger partial charge is 0.165 e. The number of hydrazone groups is 1. The summed E-state index contributed by atoms with van der Waals surface area (Å²) >= 11 is 9.04. The summed E-state index contributed by atoms with van der Waals surface area (Å²) in [7, 11) is 0. The summed E-state index contributed by atoms with van der Waals surface area (Å²) in [6, 6.07) is 13.5. The summed E-state index contributed by atoms with van der Waals surface area (Å²) in [5.41, 5.74) is 6.15. The highest BCUT2D eigenvalue weighted by Crippen LogP contribution is 2.37. The Kier molecular flexibility index (Phi) is 6.48. The van der Waals surface area contributed by atoms with Crippen LogP contribution in [0.2, 0.25) is 0 Å². The average Bonchev–Trinajstić information content (AvgIpc) is 2.63. The number of phenolic OH excluding ortho intramolecular Hbond substituents is 1. The lowest BCUT2D eigenvalue weighted by Crippen LogP contribution is -2.03. The Balaban J connectivity index is 1.92. The van der Waals surface area contributed by atoms with Crippen molar-refractivity contribution in [3.8, 4) is 17.1 Å². The zero-order valence-corrected chi connectivity index (χ0v) is 19.8. The number of aryl methyl sites for hydroxylation is 1. The molecule has 1 aromatic heterocycles. The molecule has 2 aromatic carbocycles. The van der Waals surface area contributed by atoms with Crippen molar-refractivity contribution in [3.63, 3.8) is 0 Å². The average molecular weight is 602 g/mol. The van der Waals surface area contributed by atoms with E-state index in [1.54, 1.807) is 18.2 Å². The number of halogens is 3. The van der Waals surface area contributed by atoms with Gasteiger partial charge in [0.05, 0.1) is 15.7 Å².